The standard InChI is InChI=1S/C13H14ClN3OS/c1-8-10(19-7-15-8)4-5-18-12-6-11(14)16-13(17-12)9-2-3-9/h6-7,9H,2-5H2,1H3. The molecule has 19 heavy (non-hydrogen) atoms. The molecule has 3 rings (SSSR count). The number of aromatic nitrogens is 3. The number of ether oxygens (including phenoxy) is 1. The lowest BCUT2D eigenvalue weighted by Crippen LogP contribution is -2.04. The number of nitrogens with zero attached hydrogens (tertiary/aromatic N) is 3. The van der Waals surface area contributed by atoms with Gasteiger partial charge in [-0.3, -0.25) is 0 Å². The van der Waals surface area contributed by atoms with Crippen molar-refractivity contribution in [2.24, 2.45) is 0 Å². The maximum Gasteiger partial charge on any atom is 0.218 e. The van der Waals surface area contributed by atoms with Crippen molar-refractivity contribution in [3.63, 3.8) is 0 Å². The van der Waals surface area contributed by atoms with Crippen LogP contribution in [-0.4, -0.2) is 21.6 Å². The first kappa shape index (κ1) is 12.8. The zero-order valence-corrected chi connectivity index (χ0v) is 12.2. The molecule has 1 aliphatic carbocycles. The van der Waals surface area contributed by atoms with Crippen LogP contribution in [0.15, 0.2) is 11.6 Å². The lowest BCUT2D eigenvalue weighted by atomic mass is 10.3. The van der Waals surface area contributed by atoms with Crippen LogP contribution < -0.4 is 4.74 Å². The molecular weight excluding hydrogens is 282 g/mol. The fourth-order valence-corrected chi connectivity index (χ4v) is 2.77. The van der Waals surface area contributed by atoms with Crippen LogP contribution in [0.3, 0.4) is 0 Å². The average Bonchev–Trinajstić information content (AvgIpc) is 3.14. The molecule has 2 aromatic heterocycles. The molecule has 0 spiro atoms. The summed E-state index contributed by atoms with van der Waals surface area (Å²) in [5, 5.41) is 0.459. The van der Waals surface area contributed by atoms with Crippen LogP contribution in [0.4, 0.5) is 0 Å². The van der Waals surface area contributed by atoms with E-state index in [1.54, 1.807) is 17.4 Å². The molecule has 0 radical (unpaired) electrons. The molecule has 2 aromatic rings. The van der Waals surface area contributed by atoms with Crippen molar-refractivity contribution in [3.8, 4) is 5.88 Å². The topological polar surface area (TPSA) is 47.9 Å². The van der Waals surface area contributed by atoms with Crippen molar-refractivity contribution in [2.45, 2.75) is 32.1 Å². The molecule has 0 atom stereocenters. The summed E-state index contributed by atoms with van der Waals surface area (Å²) >= 11 is 7.64. The molecule has 0 unspecified atom stereocenters. The zero-order chi connectivity index (χ0) is 13.2. The monoisotopic (exact) mass is 295 g/mol. The Labute approximate surface area is 120 Å². The Kier molecular flexibility index (Phi) is 3.66. The number of halogens is 1. The summed E-state index contributed by atoms with van der Waals surface area (Å²) in [6, 6.07) is 1.67. The van der Waals surface area contributed by atoms with E-state index in [0.717, 1.165) is 30.8 Å². The lowest BCUT2D eigenvalue weighted by molar-refractivity contribution is 0.308. The van der Waals surface area contributed by atoms with Crippen molar-refractivity contribution >= 4 is 22.9 Å². The summed E-state index contributed by atoms with van der Waals surface area (Å²) in [7, 11) is 0. The van der Waals surface area contributed by atoms with Crippen molar-refractivity contribution in [3.05, 3.63) is 33.1 Å². The van der Waals surface area contributed by atoms with Gasteiger partial charge in [-0.1, -0.05) is 11.6 Å². The van der Waals surface area contributed by atoms with Crippen LogP contribution in [0, 0.1) is 6.92 Å². The van der Waals surface area contributed by atoms with Gasteiger partial charge in [-0.2, -0.15) is 4.98 Å². The minimum absolute atomic E-state index is 0.459. The van der Waals surface area contributed by atoms with E-state index in [9.17, 15) is 0 Å². The van der Waals surface area contributed by atoms with E-state index in [0.29, 0.717) is 23.6 Å². The molecule has 1 fully saturated rings. The molecule has 4 nitrogen and oxygen atoms in total. The number of hydrogen-bond donors (Lipinski definition) is 0. The zero-order valence-electron chi connectivity index (χ0n) is 10.6. The number of hydrogen-bond acceptors (Lipinski definition) is 5. The van der Waals surface area contributed by atoms with Gasteiger partial charge < -0.3 is 4.74 Å². The molecule has 100 valence electrons. The van der Waals surface area contributed by atoms with Gasteiger partial charge in [-0.15, -0.1) is 11.3 Å². The Morgan fingerprint density at radius 1 is 1.42 bits per heavy atom. The fraction of sp³-hybridized carbons (Fsp3) is 0.462. The molecular formula is C13H14ClN3OS. The largest absolute Gasteiger partial charge is 0.477 e. The lowest BCUT2D eigenvalue weighted by Gasteiger charge is -2.06. The van der Waals surface area contributed by atoms with Crippen LogP contribution in [-0.2, 0) is 6.42 Å². The van der Waals surface area contributed by atoms with Crippen LogP contribution in [0.2, 0.25) is 5.15 Å². The van der Waals surface area contributed by atoms with Gasteiger partial charge in [0.05, 0.1) is 17.8 Å². The van der Waals surface area contributed by atoms with E-state index in [4.69, 9.17) is 16.3 Å². The Morgan fingerprint density at radius 3 is 2.95 bits per heavy atom. The van der Waals surface area contributed by atoms with E-state index >= 15 is 0 Å². The van der Waals surface area contributed by atoms with Crippen molar-refractivity contribution in [1.29, 1.82) is 0 Å². The highest BCUT2D eigenvalue weighted by atomic mass is 35.5. The average molecular weight is 296 g/mol. The maximum atomic E-state index is 5.99. The second-order valence-electron chi connectivity index (χ2n) is 4.62. The summed E-state index contributed by atoms with van der Waals surface area (Å²) in [6.45, 7) is 2.60. The predicted octanol–water partition coefficient (Wildman–Crippen LogP) is 3.39. The van der Waals surface area contributed by atoms with Crippen molar-refractivity contribution in [1.82, 2.24) is 15.0 Å². The Morgan fingerprint density at radius 2 is 2.26 bits per heavy atom. The first-order valence-electron chi connectivity index (χ1n) is 6.28. The van der Waals surface area contributed by atoms with Gasteiger partial charge in [0.15, 0.2) is 0 Å². The number of thiazole rings is 1. The number of aryl methyl sites for hydroxylation is 1. The van der Waals surface area contributed by atoms with Crippen molar-refractivity contribution < 1.29 is 4.74 Å². The molecule has 0 aliphatic heterocycles. The van der Waals surface area contributed by atoms with Gasteiger partial charge in [-0.25, -0.2) is 9.97 Å². The SMILES string of the molecule is Cc1ncsc1CCOc1cc(Cl)nc(C2CC2)n1. The van der Waals surface area contributed by atoms with Gasteiger partial charge in [0.1, 0.15) is 11.0 Å². The summed E-state index contributed by atoms with van der Waals surface area (Å²) in [6.07, 6.45) is 3.15. The third-order valence-electron chi connectivity index (χ3n) is 3.06. The van der Waals surface area contributed by atoms with Crippen LogP contribution in [0.25, 0.3) is 0 Å². The van der Waals surface area contributed by atoms with E-state index in [1.165, 1.54) is 4.88 Å². The Hall–Kier alpha value is -1.20. The minimum Gasteiger partial charge on any atom is -0.477 e. The highest BCUT2D eigenvalue weighted by Crippen LogP contribution is 2.39. The quantitative estimate of drug-likeness (QED) is 0.793. The van der Waals surface area contributed by atoms with Gasteiger partial charge in [-0.05, 0) is 19.8 Å². The molecule has 0 N–H and O–H groups in total. The molecule has 0 aromatic carbocycles. The summed E-state index contributed by atoms with van der Waals surface area (Å²) in [5.41, 5.74) is 2.94. The highest BCUT2D eigenvalue weighted by Gasteiger charge is 2.27. The van der Waals surface area contributed by atoms with Crippen LogP contribution in [0.1, 0.15) is 35.2 Å². The number of rotatable bonds is 5. The second kappa shape index (κ2) is 5.43. The molecule has 1 aliphatic rings. The first-order valence-corrected chi connectivity index (χ1v) is 7.54. The second-order valence-corrected chi connectivity index (χ2v) is 5.95. The summed E-state index contributed by atoms with van der Waals surface area (Å²) in [4.78, 5) is 14.1. The fourth-order valence-electron chi connectivity index (χ4n) is 1.83. The van der Waals surface area contributed by atoms with Crippen LogP contribution in [0.5, 0.6) is 5.88 Å². The highest BCUT2D eigenvalue weighted by molar-refractivity contribution is 7.09. The third kappa shape index (κ3) is 3.22. The smallest absolute Gasteiger partial charge is 0.218 e. The maximum absolute atomic E-state index is 5.99. The Balaban J connectivity index is 1.62. The van der Waals surface area contributed by atoms with E-state index < -0.39 is 0 Å². The van der Waals surface area contributed by atoms with E-state index in [2.05, 4.69) is 15.0 Å². The van der Waals surface area contributed by atoms with Gasteiger partial charge >= 0.3 is 0 Å². The van der Waals surface area contributed by atoms with Crippen LogP contribution >= 0.6 is 22.9 Å². The van der Waals surface area contributed by atoms with Crippen molar-refractivity contribution in [2.75, 3.05) is 6.61 Å². The minimum atomic E-state index is 0.459. The molecule has 6 heteroatoms. The van der Waals surface area contributed by atoms with E-state index in [1.807, 2.05) is 12.4 Å². The predicted molar refractivity (Wildman–Crippen MR) is 75.1 cm³/mol. The Bertz CT molecular complexity index is 583. The van der Waals surface area contributed by atoms with Gasteiger partial charge in [0.25, 0.3) is 0 Å². The third-order valence-corrected chi connectivity index (χ3v) is 4.24. The summed E-state index contributed by atoms with van der Waals surface area (Å²) < 4.78 is 5.68. The van der Waals surface area contributed by atoms with E-state index in [-0.39, 0.29) is 0 Å². The molecule has 1 saturated carbocycles. The summed E-state index contributed by atoms with van der Waals surface area (Å²) in [5.74, 6) is 1.87. The first-order chi connectivity index (χ1) is 9.22. The molecule has 0 bridgehead atoms. The normalized spacial score (nSPS) is 14.6. The van der Waals surface area contributed by atoms with Gasteiger partial charge in [0.2, 0.25) is 5.88 Å². The molecule has 2 heterocycles. The molecule has 0 saturated heterocycles. The molecule has 0 amide bonds. The van der Waals surface area contributed by atoms with Gasteiger partial charge in [0, 0.05) is 23.3 Å².